The Bertz CT molecular complexity index is 1300. The normalized spacial score (nSPS) is 16.0. The minimum absolute atomic E-state index is 0.0102. The largest absolute Gasteiger partial charge is 0.497 e. The van der Waals surface area contributed by atoms with Gasteiger partial charge in [-0.15, -0.1) is 11.3 Å². The summed E-state index contributed by atoms with van der Waals surface area (Å²) in [5.41, 5.74) is 2.71. The van der Waals surface area contributed by atoms with Crippen LogP contribution in [0.5, 0.6) is 5.75 Å². The van der Waals surface area contributed by atoms with Crippen LogP contribution in [0, 0.1) is 0 Å². The Morgan fingerprint density at radius 2 is 2.12 bits per heavy atom. The number of ether oxygens (including phenoxy) is 2. The average Bonchev–Trinajstić information content (AvgIpc) is 3.52. The number of hydrogen-bond donors (Lipinski definition) is 0. The van der Waals surface area contributed by atoms with Crippen LogP contribution in [0.2, 0.25) is 0 Å². The van der Waals surface area contributed by atoms with Gasteiger partial charge in [0.2, 0.25) is 0 Å². The molecular formula is C24H23N3O3S2. The number of hydrogen-bond acceptors (Lipinski definition) is 7. The van der Waals surface area contributed by atoms with Crippen LogP contribution in [0.1, 0.15) is 18.5 Å². The SMILES string of the molecule is COc1cccc(-c2nc(CSc3nc4ccccc4c(=O)n3CC3CCCO3)cs2)c1. The van der Waals surface area contributed by atoms with Gasteiger partial charge < -0.3 is 9.47 Å². The Kier molecular flexibility index (Phi) is 6.25. The molecule has 2 aromatic carbocycles. The van der Waals surface area contributed by atoms with Crippen molar-refractivity contribution < 1.29 is 9.47 Å². The Labute approximate surface area is 194 Å². The molecule has 3 heterocycles. The van der Waals surface area contributed by atoms with Gasteiger partial charge in [-0.3, -0.25) is 9.36 Å². The van der Waals surface area contributed by atoms with E-state index in [0.717, 1.165) is 47.0 Å². The van der Waals surface area contributed by atoms with Gasteiger partial charge in [-0.2, -0.15) is 0 Å². The van der Waals surface area contributed by atoms with Gasteiger partial charge in [0.1, 0.15) is 10.8 Å². The van der Waals surface area contributed by atoms with Crippen LogP contribution in [-0.4, -0.2) is 34.4 Å². The van der Waals surface area contributed by atoms with E-state index in [9.17, 15) is 4.79 Å². The first-order valence-corrected chi connectivity index (χ1v) is 12.4. The Morgan fingerprint density at radius 1 is 1.22 bits per heavy atom. The first-order chi connectivity index (χ1) is 15.7. The van der Waals surface area contributed by atoms with E-state index in [2.05, 4.69) is 5.38 Å². The molecule has 0 aliphatic carbocycles. The summed E-state index contributed by atoms with van der Waals surface area (Å²) in [6.45, 7) is 1.29. The maximum atomic E-state index is 13.2. The lowest BCUT2D eigenvalue weighted by Crippen LogP contribution is -2.28. The predicted molar refractivity (Wildman–Crippen MR) is 129 cm³/mol. The van der Waals surface area contributed by atoms with Crippen molar-refractivity contribution in [3.8, 4) is 16.3 Å². The summed E-state index contributed by atoms with van der Waals surface area (Å²) < 4.78 is 12.9. The summed E-state index contributed by atoms with van der Waals surface area (Å²) >= 11 is 3.15. The zero-order valence-corrected chi connectivity index (χ0v) is 19.3. The number of rotatable bonds is 7. The van der Waals surface area contributed by atoms with Gasteiger partial charge in [-0.1, -0.05) is 36.0 Å². The molecule has 0 saturated carbocycles. The predicted octanol–water partition coefficient (Wildman–Crippen LogP) is 5.00. The lowest BCUT2D eigenvalue weighted by molar-refractivity contribution is 0.0937. The van der Waals surface area contributed by atoms with Crippen molar-refractivity contribution in [3.05, 3.63) is 70.0 Å². The van der Waals surface area contributed by atoms with E-state index in [0.29, 0.717) is 22.8 Å². The summed E-state index contributed by atoms with van der Waals surface area (Å²) in [4.78, 5) is 22.8. The molecule has 0 N–H and O–H groups in total. The zero-order valence-electron chi connectivity index (χ0n) is 17.7. The maximum Gasteiger partial charge on any atom is 0.262 e. The highest BCUT2D eigenvalue weighted by molar-refractivity contribution is 7.98. The van der Waals surface area contributed by atoms with Crippen molar-refractivity contribution in [2.45, 2.75) is 36.4 Å². The number of benzene rings is 2. The molecule has 1 aliphatic rings. The molecule has 5 rings (SSSR count). The number of fused-ring (bicyclic) bond motifs is 1. The second-order valence-corrected chi connectivity index (χ2v) is 9.43. The second-order valence-electron chi connectivity index (χ2n) is 7.63. The fourth-order valence-electron chi connectivity index (χ4n) is 3.81. The van der Waals surface area contributed by atoms with Gasteiger partial charge in [0.15, 0.2) is 5.16 Å². The van der Waals surface area contributed by atoms with Crippen molar-refractivity contribution >= 4 is 34.0 Å². The third kappa shape index (κ3) is 4.44. The first kappa shape index (κ1) is 21.2. The summed E-state index contributed by atoms with van der Waals surface area (Å²) in [6, 6.07) is 15.4. The molecule has 2 aromatic heterocycles. The van der Waals surface area contributed by atoms with Crippen LogP contribution >= 0.6 is 23.1 Å². The lowest BCUT2D eigenvalue weighted by atomic mass is 10.2. The number of para-hydroxylation sites is 1. The second kappa shape index (κ2) is 9.44. The van der Waals surface area contributed by atoms with E-state index in [1.54, 1.807) is 34.8 Å². The molecular weight excluding hydrogens is 442 g/mol. The molecule has 1 saturated heterocycles. The minimum atomic E-state index is -0.0102. The van der Waals surface area contributed by atoms with Gasteiger partial charge in [0, 0.05) is 23.3 Å². The van der Waals surface area contributed by atoms with Crippen molar-refractivity contribution in [2.75, 3.05) is 13.7 Å². The third-order valence-electron chi connectivity index (χ3n) is 5.45. The topological polar surface area (TPSA) is 66.2 Å². The van der Waals surface area contributed by atoms with Crippen LogP contribution in [0.3, 0.4) is 0 Å². The average molecular weight is 466 g/mol. The van der Waals surface area contributed by atoms with Crippen LogP contribution in [-0.2, 0) is 17.0 Å². The van der Waals surface area contributed by atoms with Crippen molar-refractivity contribution in [1.82, 2.24) is 14.5 Å². The Balaban J connectivity index is 1.41. The summed E-state index contributed by atoms with van der Waals surface area (Å²) in [6.07, 6.45) is 2.07. The fourth-order valence-corrected chi connectivity index (χ4v) is 5.63. The number of thioether (sulfide) groups is 1. The van der Waals surface area contributed by atoms with Gasteiger partial charge >= 0.3 is 0 Å². The van der Waals surface area contributed by atoms with Crippen LogP contribution in [0.15, 0.2) is 63.9 Å². The molecule has 1 atom stereocenters. The van der Waals surface area contributed by atoms with Crippen molar-refractivity contribution in [3.63, 3.8) is 0 Å². The summed E-state index contributed by atoms with van der Waals surface area (Å²) in [7, 11) is 1.66. The molecule has 8 heteroatoms. The highest BCUT2D eigenvalue weighted by Gasteiger charge is 2.20. The van der Waals surface area contributed by atoms with Gasteiger partial charge in [0.05, 0.1) is 36.4 Å². The van der Waals surface area contributed by atoms with E-state index < -0.39 is 0 Å². The molecule has 6 nitrogen and oxygen atoms in total. The molecule has 1 unspecified atom stereocenters. The monoisotopic (exact) mass is 465 g/mol. The molecule has 0 bridgehead atoms. The smallest absolute Gasteiger partial charge is 0.262 e. The molecule has 4 aromatic rings. The van der Waals surface area contributed by atoms with E-state index in [1.807, 2.05) is 48.5 Å². The molecule has 0 spiro atoms. The van der Waals surface area contributed by atoms with Crippen molar-refractivity contribution in [1.29, 1.82) is 0 Å². The molecule has 1 aliphatic heterocycles. The van der Waals surface area contributed by atoms with E-state index in [4.69, 9.17) is 19.4 Å². The molecule has 164 valence electrons. The summed E-state index contributed by atoms with van der Waals surface area (Å²) in [5.74, 6) is 1.45. The van der Waals surface area contributed by atoms with E-state index in [1.165, 1.54) is 0 Å². The Morgan fingerprint density at radius 3 is 2.97 bits per heavy atom. The molecule has 0 amide bonds. The van der Waals surface area contributed by atoms with Gasteiger partial charge in [0.25, 0.3) is 5.56 Å². The zero-order chi connectivity index (χ0) is 21.9. The quantitative estimate of drug-likeness (QED) is 0.283. The molecule has 32 heavy (non-hydrogen) atoms. The van der Waals surface area contributed by atoms with Gasteiger partial charge in [-0.05, 0) is 37.1 Å². The lowest BCUT2D eigenvalue weighted by Gasteiger charge is -2.16. The van der Waals surface area contributed by atoms with E-state index >= 15 is 0 Å². The number of thiazole rings is 1. The van der Waals surface area contributed by atoms with Crippen LogP contribution < -0.4 is 10.3 Å². The van der Waals surface area contributed by atoms with Gasteiger partial charge in [-0.25, -0.2) is 9.97 Å². The number of nitrogens with zero attached hydrogens (tertiary/aromatic N) is 3. The number of aromatic nitrogens is 3. The highest BCUT2D eigenvalue weighted by atomic mass is 32.2. The summed E-state index contributed by atoms with van der Waals surface area (Å²) in [5, 5.41) is 4.36. The van der Waals surface area contributed by atoms with E-state index in [-0.39, 0.29) is 11.7 Å². The molecule has 0 radical (unpaired) electrons. The fraction of sp³-hybridized carbons (Fsp3) is 0.292. The van der Waals surface area contributed by atoms with Crippen LogP contribution in [0.4, 0.5) is 0 Å². The molecule has 1 fully saturated rings. The highest BCUT2D eigenvalue weighted by Crippen LogP contribution is 2.30. The van der Waals surface area contributed by atoms with Crippen LogP contribution in [0.25, 0.3) is 21.5 Å². The number of methoxy groups -OCH3 is 1. The minimum Gasteiger partial charge on any atom is -0.497 e. The Hall–Kier alpha value is -2.68. The standard InChI is InChI=1S/C24H23N3O3S2/c1-29-18-7-4-6-16(12-18)22-25-17(14-31-22)15-32-24-26-21-10-3-2-9-20(21)23(28)27(24)13-19-8-5-11-30-19/h2-4,6-7,9-10,12,14,19H,5,8,11,13,15H2,1H3. The first-order valence-electron chi connectivity index (χ1n) is 10.5. The maximum absolute atomic E-state index is 13.2. The third-order valence-corrected chi connectivity index (χ3v) is 7.40. The van der Waals surface area contributed by atoms with Crippen molar-refractivity contribution in [2.24, 2.45) is 0 Å².